The molecular formula is C17H22N4O2. The molecule has 0 spiro atoms. The lowest BCUT2D eigenvalue weighted by molar-refractivity contribution is 0.266. The van der Waals surface area contributed by atoms with E-state index in [9.17, 15) is 5.11 Å². The first kappa shape index (κ1) is 15.6. The highest BCUT2D eigenvalue weighted by Gasteiger charge is 2.21. The first-order valence-electron chi connectivity index (χ1n) is 7.68. The number of ether oxygens (including phenoxy) is 1. The molecule has 0 saturated heterocycles. The van der Waals surface area contributed by atoms with Crippen LogP contribution in [0.5, 0.6) is 5.75 Å². The molecule has 0 aliphatic carbocycles. The Hall–Kier alpha value is -2.31. The third-order valence-electron chi connectivity index (χ3n) is 4.13. The summed E-state index contributed by atoms with van der Waals surface area (Å²) in [6.45, 7) is 2.92. The number of nitrogens with two attached hydrogens (primary N) is 1. The fraction of sp³-hybridized carbons (Fsp3) is 0.353. The van der Waals surface area contributed by atoms with Gasteiger partial charge < -0.3 is 20.6 Å². The lowest BCUT2D eigenvalue weighted by Gasteiger charge is -2.16. The molecule has 122 valence electrons. The smallest absolute Gasteiger partial charge is 0.119 e. The van der Waals surface area contributed by atoms with Crippen molar-refractivity contribution in [3.63, 3.8) is 0 Å². The summed E-state index contributed by atoms with van der Waals surface area (Å²) in [7, 11) is 1.66. The number of rotatable bonds is 6. The summed E-state index contributed by atoms with van der Waals surface area (Å²) < 4.78 is 7.18. The van der Waals surface area contributed by atoms with Gasteiger partial charge in [0.1, 0.15) is 5.75 Å². The van der Waals surface area contributed by atoms with Crippen molar-refractivity contribution in [1.29, 1.82) is 0 Å². The number of aryl methyl sites for hydroxylation is 1. The van der Waals surface area contributed by atoms with Crippen LogP contribution in [-0.4, -0.2) is 40.1 Å². The first-order chi connectivity index (χ1) is 11.2. The fourth-order valence-electron chi connectivity index (χ4n) is 3.06. The van der Waals surface area contributed by atoms with Crippen molar-refractivity contribution in [3.05, 3.63) is 47.4 Å². The average Bonchev–Trinajstić information content (AvgIpc) is 3.13. The molecule has 0 amide bonds. The van der Waals surface area contributed by atoms with E-state index in [1.165, 1.54) is 0 Å². The van der Waals surface area contributed by atoms with Crippen molar-refractivity contribution in [2.45, 2.75) is 19.4 Å². The van der Waals surface area contributed by atoms with Crippen LogP contribution in [0.4, 0.5) is 0 Å². The van der Waals surface area contributed by atoms with Crippen LogP contribution in [0, 0.1) is 6.92 Å². The highest BCUT2D eigenvalue weighted by atomic mass is 16.5. The molecule has 2 heterocycles. The molecule has 2 aromatic heterocycles. The van der Waals surface area contributed by atoms with E-state index in [2.05, 4.69) is 10.1 Å². The number of nitrogens with one attached hydrogen (secondary N) is 1. The zero-order valence-corrected chi connectivity index (χ0v) is 13.4. The number of hydrogen-bond acceptors (Lipinski definition) is 4. The van der Waals surface area contributed by atoms with Gasteiger partial charge in [-0.15, -0.1) is 0 Å². The Bertz CT molecular complexity index is 806. The molecule has 23 heavy (non-hydrogen) atoms. The summed E-state index contributed by atoms with van der Waals surface area (Å²) in [4.78, 5) is 3.29. The molecule has 0 aliphatic rings. The monoisotopic (exact) mass is 314 g/mol. The zero-order chi connectivity index (χ0) is 16.4. The number of hydrogen-bond donors (Lipinski definition) is 3. The van der Waals surface area contributed by atoms with E-state index in [4.69, 9.17) is 10.5 Å². The van der Waals surface area contributed by atoms with Crippen molar-refractivity contribution in [2.75, 3.05) is 20.3 Å². The molecule has 3 rings (SSSR count). The van der Waals surface area contributed by atoms with Gasteiger partial charge >= 0.3 is 0 Å². The minimum absolute atomic E-state index is 0.00334. The Labute approximate surface area is 134 Å². The van der Waals surface area contributed by atoms with Gasteiger partial charge in [-0.2, -0.15) is 5.10 Å². The van der Waals surface area contributed by atoms with Crippen molar-refractivity contribution < 1.29 is 9.84 Å². The Kier molecular flexibility index (Phi) is 4.36. The summed E-state index contributed by atoms with van der Waals surface area (Å²) in [6.07, 6.45) is 1.99. The molecule has 0 bridgehead atoms. The quantitative estimate of drug-likeness (QED) is 0.647. The second-order valence-corrected chi connectivity index (χ2v) is 5.60. The molecule has 1 unspecified atom stereocenters. The number of aliphatic hydroxyl groups is 1. The van der Waals surface area contributed by atoms with Gasteiger partial charge in [0.25, 0.3) is 0 Å². The first-order valence-corrected chi connectivity index (χ1v) is 7.68. The zero-order valence-electron chi connectivity index (χ0n) is 13.4. The molecule has 1 aromatic carbocycles. The Morgan fingerprint density at radius 2 is 2.22 bits per heavy atom. The molecule has 0 aliphatic heterocycles. The Morgan fingerprint density at radius 1 is 1.39 bits per heavy atom. The topological polar surface area (TPSA) is 89.1 Å². The lowest BCUT2D eigenvalue weighted by atomic mass is 9.95. The number of aliphatic hydroxyl groups excluding tert-OH is 1. The van der Waals surface area contributed by atoms with Crippen LogP contribution in [0.25, 0.3) is 10.9 Å². The molecule has 3 aromatic rings. The SMILES string of the molecule is COc1ccc2[nH]cc(C(CN)c3cc(C)nn3CCO)c2c1. The number of fused-ring (bicyclic) bond motifs is 1. The molecule has 4 N–H and O–H groups in total. The van der Waals surface area contributed by atoms with E-state index in [0.717, 1.165) is 33.6 Å². The van der Waals surface area contributed by atoms with E-state index < -0.39 is 0 Å². The summed E-state index contributed by atoms with van der Waals surface area (Å²) in [6, 6.07) is 7.98. The number of aromatic amines is 1. The van der Waals surface area contributed by atoms with Crippen LogP contribution in [0.15, 0.2) is 30.5 Å². The number of methoxy groups -OCH3 is 1. The molecule has 0 saturated carbocycles. The Balaban J connectivity index is 2.11. The molecule has 1 atom stereocenters. The highest BCUT2D eigenvalue weighted by Crippen LogP contribution is 2.32. The summed E-state index contributed by atoms with van der Waals surface area (Å²) in [5, 5.41) is 14.8. The third-order valence-corrected chi connectivity index (χ3v) is 4.13. The largest absolute Gasteiger partial charge is 0.497 e. The average molecular weight is 314 g/mol. The van der Waals surface area contributed by atoms with Gasteiger partial charge in [0.05, 0.1) is 26.0 Å². The number of H-pyrrole nitrogens is 1. The predicted molar refractivity (Wildman–Crippen MR) is 89.8 cm³/mol. The van der Waals surface area contributed by atoms with Gasteiger partial charge in [-0.3, -0.25) is 4.68 Å². The number of aromatic nitrogens is 3. The maximum atomic E-state index is 9.26. The Morgan fingerprint density at radius 3 is 2.91 bits per heavy atom. The van der Waals surface area contributed by atoms with E-state index >= 15 is 0 Å². The van der Waals surface area contributed by atoms with Gasteiger partial charge in [-0.05, 0) is 36.8 Å². The second-order valence-electron chi connectivity index (χ2n) is 5.60. The van der Waals surface area contributed by atoms with Crippen LogP contribution >= 0.6 is 0 Å². The second kappa shape index (κ2) is 6.44. The molecule has 6 nitrogen and oxygen atoms in total. The maximum absolute atomic E-state index is 9.26. The summed E-state index contributed by atoms with van der Waals surface area (Å²) in [5.41, 5.74) is 10.2. The molecule has 0 radical (unpaired) electrons. The van der Waals surface area contributed by atoms with Gasteiger partial charge in [0, 0.05) is 35.3 Å². The van der Waals surface area contributed by atoms with E-state index in [1.54, 1.807) is 7.11 Å². The van der Waals surface area contributed by atoms with Gasteiger partial charge in [0.15, 0.2) is 0 Å². The third kappa shape index (κ3) is 2.83. The van der Waals surface area contributed by atoms with E-state index in [0.29, 0.717) is 13.1 Å². The van der Waals surface area contributed by atoms with Gasteiger partial charge in [-0.25, -0.2) is 0 Å². The molecule has 0 fully saturated rings. The van der Waals surface area contributed by atoms with Gasteiger partial charge in [-0.1, -0.05) is 0 Å². The summed E-state index contributed by atoms with van der Waals surface area (Å²) >= 11 is 0. The standard InChI is InChI=1S/C17H22N4O2/c1-11-7-17(21(20-11)5-6-22)14(9-18)15-10-19-16-4-3-12(23-2)8-13(15)16/h3-4,7-8,10,14,19,22H,5-6,9,18H2,1-2H3. The van der Waals surface area contributed by atoms with Crippen molar-refractivity contribution in [1.82, 2.24) is 14.8 Å². The summed E-state index contributed by atoms with van der Waals surface area (Å²) in [5.74, 6) is 0.817. The van der Waals surface area contributed by atoms with Crippen LogP contribution in [0.1, 0.15) is 22.9 Å². The molecular weight excluding hydrogens is 292 g/mol. The highest BCUT2D eigenvalue weighted by molar-refractivity contribution is 5.85. The van der Waals surface area contributed by atoms with Crippen molar-refractivity contribution in [3.8, 4) is 5.75 Å². The van der Waals surface area contributed by atoms with Gasteiger partial charge in [0.2, 0.25) is 0 Å². The van der Waals surface area contributed by atoms with Crippen LogP contribution in [-0.2, 0) is 6.54 Å². The lowest BCUT2D eigenvalue weighted by Crippen LogP contribution is -2.19. The van der Waals surface area contributed by atoms with Crippen molar-refractivity contribution >= 4 is 10.9 Å². The van der Waals surface area contributed by atoms with Crippen LogP contribution in [0.2, 0.25) is 0 Å². The maximum Gasteiger partial charge on any atom is 0.119 e. The van der Waals surface area contributed by atoms with E-state index in [-0.39, 0.29) is 12.5 Å². The van der Waals surface area contributed by atoms with E-state index in [1.807, 2.05) is 42.1 Å². The van der Waals surface area contributed by atoms with Crippen LogP contribution in [0.3, 0.4) is 0 Å². The van der Waals surface area contributed by atoms with Crippen LogP contribution < -0.4 is 10.5 Å². The van der Waals surface area contributed by atoms with Crippen molar-refractivity contribution in [2.24, 2.45) is 5.73 Å². The normalized spacial score (nSPS) is 12.7. The minimum Gasteiger partial charge on any atom is -0.497 e. The predicted octanol–water partition coefficient (Wildman–Crippen LogP) is 1.76. The molecule has 6 heteroatoms. The fourth-order valence-corrected chi connectivity index (χ4v) is 3.06. The number of nitrogens with zero attached hydrogens (tertiary/aromatic N) is 2. The minimum atomic E-state index is 0.00334. The number of benzene rings is 1.